The lowest BCUT2D eigenvalue weighted by Gasteiger charge is -2.51. The quantitative estimate of drug-likeness (QED) is 0.640. The lowest BCUT2D eigenvalue weighted by Crippen LogP contribution is -2.44. The number of ketones is 1. The first-order valence-electron chi connectivity index (χ1n) is 6.57. The Hall–Kier alpha value is -0.330. The first-order valence-corrected chi connectivity index (χ1v) is 6.57. The monoisotopic (exact) mass is 208 g/mol. The van der Waals surface area contributed by atoms with Crippen LogP contribution in [0.3, 0.4) is 0 Å². The summed E-state index contributed by atoms with van der Waals surface area (Å²) in [6.07, 6.45) is 6.94. The molecule has 2 saturated carbocycles. The van der Waals surface area contributed by atoms with Crippen LogP contribution in [0.25, 0.3) is 0 Å². The second-order valence-electron chi connectivity index (χ2n) is 6.15. The second-order valence-corrected chi connectivity index (χ2v) is 6.15. The van der Waals surface area contributed by atoms with Crippen LogP contribution in [0.4, 0.5) is 0 Å². The van der Waals surface area contributed by atoms with Gasteiger partial charge >= 0.3 is 0 Å². The summed E-state index contributed by atoms with van der Waals surface area (Å²) in [6.45, 7) is 7.10. The Morgan fingerprint density at radius 2 is 2.00 bits per heavy atom. The molecule has 2 fully saturated rings. The standard InChI is InChI=1S/C14H24O/c1-4-11-7-5-10-6-8-12(15)9-13(10)14(11,2)3/h10-11,13H,4-9H2,1-3H3/t10-,11?,13?/m1/s1. The zero-order valence-corrected chi connectivity index (χ0v) is 10.4. The van der Waals surface area contributed by atoms with Gasteiger partial charge in [0, 0.05) is 12.8 Å². The zero-order valence-electron chi connectivity index (χ0n) is 10.4. The van der Waals surface area contributed by atoms with Gasteiger partial charge in [-0.25, -0.2) is 0 Å². The van der Waals surface area contributed by atoms with Crippen LogP contribution < -0.4 is 0 Å². The molecule has 1 heteroatoms. The van der Waals surface area contributed by atoms with E-state index in [1.54, 1.807) is 0 Å². The molecule has 0 aromatic carbocycles. The summed E-state index contributed by atoms with van der Waals surface area (Å²) in [4.78, 5) is 11.6. The van der Waals surface area contributed by atoms with E-state index >= 15 is 0 Å². The smallest absolute Gasteiger partial charge is 0.133 e. The molecule has 0 aliphatic heterocycles. The van der Waals surface area contributed by atoms with Gasteiger partial charge in [0.2, 0.25) is 0 Å². The minimum atomic E-state index is 0.397. The fraction of sp³-hybridized carbons (Fsp3) is 0.929. The number of carbonyl (C=O) groups excluding carboxylic acids is 1. The summed E-state index contributed by atoms with van der Waals surface area (Å²) >= 11 is 0. The first-order chi connectivity index (χ1) is 7.05. The molecule has 15 heavy (non-hydrogen) atoms. The van der Waals surface area contributed by atoms with E-state index in [2.05, 4.69) is 20.8 Å². The van der Waals surface area contributed by atoms with Crippen molar-refractivity contribution in [3.63, 3.8) is 0 Å². The highest BCUT2D eigenvalue weighted by molar-refractivity contribution is 5.79. The highest BCUT2D eigenvalue weighted by atomic mass is 16.1. The fourth-order valence-electron chi connectivity index (χ4n) is 4.10. The van der Waals surface area contributed by atoms with Crippen LogP contribution in [0.1, 0.15) is 59.3 Å². The van der Waals surface area contributed by atoms with Gasteiger partial charge in [0.1, 0.15) is 5.78 Å². The summed E-state index contributed by atoms with van der Waals surface area (Å²) < 4.78 is 0. The van der Waals surface area contributed by atoms with Gasteiger partial charge in [-0.3, -0.25) is 4.79 Å². The topological polar surface area (TPSA) is 17.1 Å². The number of fused-ring (bicyclic) bond motifs is 1. The van der Waals surface area contributed by atoms with Gasteiger partial charge in [0.25, 0.3) is 0 Å². The largest absolute Gasteiger partial charge is 0.300 e. The molecule has 0 amide bonds. The molecule has 0 bridgehead atoms. The van der Waals surface area contributed by atoms with Crippen LogP contribution in [0, 0.1) is 23.2 Å². The molecule has 3 atom stereocenters. The summed E-state index contributed by atoms with van der Waals surface area (Å²) in [5.41, 5.74) is 0.397. The average Bonchev–Trinajstić information content (AvgIpc) is 2.19. The Bertz CT molecular complexity index is 254. The Balaban J connectivity index is 2.18. The summed E-state index contributed by atoms with van der Waals surface area (Å²) in [5.74, 6) is 2.88. The van der Waals surface area contributed by atoms with E-state index in [1.807, 2.05) is 0 Å². The van der Waals surface area contributed by atoms with Crippen molar-refractivity contribution in [2.24, 2.45) is 23.2 Å². The van der Waals surface area contributed by atoms with Crippen molar-refractivity contribution >= 4 is 5.78 Å². The molecule has 0 aromatic rings. The molecule has 0 saturated heterocycles. The normalized spacial score (nSPS) is 39.9. The number of Topliss-reactive ketones (excluding diaryl/α,β-unsaturated/α-hetero) is 1. The van der Waals surface area contributed by atoms with Crippen LogP contribution in [0.15, 0.2) is 0 Å². The van der Waals surface area contributed by atoms with E-state index in [0.29, 0.717) is 17.1 Å². The molecule has 1 nitrogen and oxygen atoms in total. The average molecular weight is 208 g/mol. The van der Waals surface area contributed by atoms with Crippen LogP contribution in [0.2, 0.25) is 0 Å². The van der Waals surface area contributed by atoms with Crippen LogP contribution in [-0.2, 0) is 4.79 Å². The SMILES string of the molecule is CCC1CC[C@@H]2CCC(=O)CC2C1(C)C. The van der Waals surface area contributed by atoms with Crippen LogP contribution >= 0.6 is 0 Å². The van der Waals surface area contributed by atoms with E-state index in [0.717, 1.165) is 24.7 Å². The summed E-state index contributed by atoms with van der Waals surface area (Å²) in [6, 6.07) is 0. The lowest BCUT2D eigenvalue weighted by atomic mass is 9.54. The fourth-order valence-corrected chi connectivity index (χ4v) is 4.10. The Labute approximate surface area is 93.6 Å². The number of hydrogen-bond acceptors (Lipinski definition) is 1. The van der Waals surface area contributed by atoms with Crippen molar-refractivity contribution < 1.29 is 4.79 Å². The van der Waals surface area contributed by atoms with Gasteiger partial charge in [-0.15, -0.1) is 0 Å². The highest BCUT2D eigenvalue weighted by Crippen LogP contribution is 2.53. The number of carbonyl (C=O) groups is 1. The van der Waals surface area contributed by atoms with Gasteiger partial charge in [-0.2, -0.15) is 0 Å². The minimum Gasteiger partial charge on any atom is -0.300 e. The van der Waals surface area contributed by atoms with E-state index < -0.39 is 0 Å². The van der Waals surface area contributed by atoms with Crippen LogP contribution in [-0.4, -0.2) is 5.78 Å². The maximum absolute atomic E-state index is 11.6. The van der Waals surface area contributed by atoms with Crippen molar-refractivity contribution in [2.45, 2.75) is 59.3 Å². The third-order valence-corrected chi connectivity index (χ3v) is 5.20. The number of hydrogen-bond donors (Lipinski definition) is 0. The zero-order chi connectivity index (χ0) is 11.1. The predicted molar refractivity (Wildman–Crippen MR) is 62.6 cm³/mol. The van der Waals surface area contributed by atoms with Gasteiger partial charge in [-0.1, -0.05) is 27.2 Å². The van der Waals surface area contributed by atoms with E-state index in [-0.39, 0.29) is 0 Å². The minimum absolute atomic E-state index is 0.397. The first kappa shape index (κ1) is 11.2. The van der Waals surface area contributed by atoms with E-state index in [4.69, 9.17) is 0 Å². The molecular weight excluding hydrogens is 184 g/mol. The second kappa shape index (κ2) is 3.92. The summed E-state index contributed by atoms with van der Waals surface area (Å²) in [7, 11) is 0. The Morgan fingerprint density at radius 3 is 2.67 bits per heavy atom. The van der Waals surface area contributed by atoms with E-state index in [9.17, 15) is 4.79 Å². The van der Waals surface area contributed by atoms with Crippen molar-refractivity contribution in [1.29, 1.82) is 0 Å². The molecule has 0 aromatic heterocycles. The molecule has 0 N–H and O–H groups in total. The van der Waals surface area contributed by atoms with Crippen LogP contribution in [0.5, 0.6) is 0 Å². The summed E-state index contributed by atoms with van der Waals surface area (Å²) in [5, 5.41) is 0. The van der Waals surface area contributed by atoms with Gasteiger partial charge in [0.15, 0.2) is 0 Å². The maximum Gasteiger partial charge on any atom is 0.133 e. The predicted octanol–water partition coefficient (Wildman–Crippen LogP) is 3.82. The molecule has 0 spiro atoms. The Morgan fingerprint density at radius 1 is 1.27 bits per heavy atom. The van der Waals surface area contributed by atoms with Gasteiger partial charge < -0.3 is 0 Å². The van der Waals surface area contributed by atoms with Gasteiger partial charge in [-0.05, 0) is 42.4 Å². The van der Waals surface area contributed by atoms with Crippen molar-refractivity contribution in [1.82, 2.24) is 0 Å². The number of rotatable bonds is 1. The van der Waals surface area contributed by atoms with Gasteiger partial charge in [0.05, 0.1) is 0 Å². The molecule has 2 aliphatic carbocycles. The molecular formula is C14H24O. The molecule has 0 radical (unpaired) electrons. The third kappa shape index (κ3) is 1.86. The lowest BCUT2D eigenvalue weighted by molar-refractivity contribution is -0.127. The molecule has 2 unspecified atom stereocenters. The van der Waals surface area contributed by atoms with Crippen molar-refractivity contribution in [2.75, 3.05) is 0 Å². The molecule has 0 heterocycles. The molecule has 2 rings (SSSR count). The van der Waals surface area contributed by atoms with Crippen molar-refractivity contribution in [3.8, 4) is 0 Å². The molecule has 2 aliphatic rings. The van der Waals surface area contributed by atoms with Crippen molar-refractivity contribution in [3.05, 3.63) is 0 Å². The highest BCUT2D eigenvalue weighted by Gasteiger charge is 2.46. The maximum atomic E-state index is 11.6. The van der Waals surface area contributed by atoms with E-state index in [1.165, 1.54) is 25.7 Å². The molecule has 86 valence electrons. The Kier molecular flexibility index (Phi) is 2.92. The third-order valence-electron chi connectivity index (χ3n) is 5.20.